The van der Waals surface area contributed by atoms with Gasteiger partial charge in [-0.05, 0) is 24.8 Å². The van der Waals surface area contributed by atoms with Gasteiger partial charge in [0.05, 0.1) is 12.7 Å². The average Bonchev–Trinajstić information content (AvgIpc) is 3.02. The van der Waals surface area contributed by atoms with Gasteiger partial charge in [-0.2, -0.15) is 0 Å². The van der Waals surface area contributed by atoms with Crippen LogP contribution in [0.15, 0.2) is 30.3 Å². The summed E-state index contributed by atoms with van der Waals surface area (Å²) in [5, 5.41) is 10.2. The van der Waals surface area contributed by atoms with Crippen LogP contribution in [0.2, 0.25) is 0 Å². The number of benzene rings is 1. The molecule has 3 heteroatoms. The van der Waals surface area contributed by atoms with E-state index in [1.165, 1.54) is 5.56 Å². The number of rotatable bonds is 3. The van der Waals surface area contributed by atoms with E-state index in [4.69, 9.17) is 4.74 Å². The molecule has 2 aliphatic rings. The quantitative estimate of drug-likeness (QED) is 0.877. The Hall–Kier alpha value is -0.900. The molecule has 18 heavy (non-hydrogen) atoms. The molecule has 0 unspecified atom stereocenters. The lowest BCUT2D eigenvalue weighted by Gasteiger charge is -2.30. The summed E-state index contributed by atoms with van der Waals surface area (Å²) in [5.74, 6) is 0. The van der Waals surface area contributed by atoms with Crippen LogP contribution in [-0.2, 0) is 11.2 Å². The Morgan fingerprint density at radius 1 is 1.22 bits per heavy atom. The zero-order valence-electron chi connectivity index (χ0n) is 10.7. The third-order valence-electron chi connectivity index (χ3n) is 4.22. The molecular weight excluding hydrogens is 226 g/mol. The van der Waals surface area contributed by atoms with Crippen molar-refractivity contribution in [2.75, 3.05) is 19.8 Å². The molecule has 0 aliphatic carbocycles. The van der Waals surface area contributed by atoms with Gasteiger partial charge in [-0.25, -0.2) is 0 Å². The number of hydrogen-bond donors (Lipinski definition) is 1. The van der Waals surface area contributed by atoms with Gasteiger partial charge in [0.25, 0.3) is 0 Å². The van der Waals surface area contributed by atoms with Gasteiger partial charge < -0.3 is 9.84 Å². The van der Waals surface area contributed by atoms with E-state index in [9.17, 15) is 5.11 Å². The van der Waals surface area contributed by atoms with Gasteiger partial charge >= 0.3 is 0 Å². The summed E-state index contributed by atoms with van der Waals surface area (Å²) in [6.07, 6.45) is 2.76. The first-order chi connectivity index (χ1) is 8.84. The minimum Gasteiger partial charge on any atom is -0.391 e. The highest BCUT2D eigenvalue weighted by molar-refractivity contribution is 5.17. The lowest BCUT2D eigenvalue weighted by molar-refractivity contribution is 0.0833. The van der Waals surface area contributed by atoms with Gasteiger partial charge in [0.15, 0.2) is 0 Å². The van der Waals surface area contributed by atoms with E-state index in [1.807, 2.05) is 6.07 Å². The van der Waals surface area contributed by atoms with Crippen molar-refractivity contribution >= 4 is 0 Å². The van der Waals surface area contributed by atoms with Crippen molar-refractivity contribution in [3.8, 4) is 0 Å². The molecule has 2 aliphatic heterocycles. The summed E-state index contributed by atoms with van der Waals surface area (Å²) < 4.78 is 5.48. The molecule has 3 nitrogen and oxygen atoms in total. The maximum absolute atomic E-state index is 10.2. The Labute approximate surface area is 108 Å². The molecule has 0 saturated carbocycles. The molecule has 0 bridgehead atoms. The van der Waals surface area contributed by atoms with Crippen LogP contribution in [0, 0.1) is 0 Å². The molecule has 2 heterocycles. The summed E-state index contributed by atoms with van der Waals surface area (Å²) in [4.78, 5) is 2.46. The Morgan fingerprint density at radius 3 is 2.78 bits per heavy atom. The number of aliphatic hydroxyl groups excluding tert-OH is 1. The summed E-state index contributed by atoms with van der Waals surface area (Å²) in [6.45, 7) is 2.71. The monoisotopic (exact) mass is 247 g/mol. The minimum atomic E-state index is -0.189. The molecular formula is C15H21NO2. The van der Waals surface area contributed by atoms with E-state index < -0.39 is 0 Å². The number of hydrogen-bond acceptors (Lipinski definition) is 3. The summed E-state index contributed by atoms with van der Waals surface area (Å²) in [5.41, 5.74) is 1.31. The minimum absolute atomic E-state index is 0.189. The van der Waals surface area contributed by atoms with Gasteiger partial charge in [0.1, 0.15) is 0 Å². The highest BCUT2D eigenvalue weighted by atomic mass is 16.5. The van der Waals surface area contributed by atoms with E-state index in [0.29, 0.717) is 6.04 Å². The van der Waals surface area contributed by atoms with Crippen LogP contribution < -0.4 is 0 Å². The lowest BCUT2D eigenvalue weighted by Crippen LogP contribution is -2.44. The van der Waals surface area contributed by atoms with Crippen LogP contribution in [0.4, 0.5) is 0 Å². The van der Waals surface area contributed by atoms with Crippen molar-refractivity contribution in [3.63, 3.8) is 0 Å². The van der Waals surface area contributed by atoms with Gasteiger partial charge in [-0.1, -0.05) is 30.3 Å². The predicted molar refractivity (Wildman–Crippen MR) is 70.5 cm³/mol. The van der Waals surface area contributed by atoms with Gasteiger partial charge in [-0.3, -0.25) is 4.90 Å². The second-order valence-corrected chi connectivity index (χ2v) is 5.37. The van der Waals surface area contributed by atoms with Crippen LogP contribution in [0.25, 0.3) is 0 Å². The van der Waals surface area contributed by atoms with Crippen LogP contribution >= 0.6 is 0 Å². The van der Waals surface area contributed by atoms with Crippen LogP contribution in [0.5, 0.6) is 0 Å². The smallest absolute Gasteiger partial charge is 0.0710 e. The Morgan fingerprint density at radius 2 is 2.06 bits per heavy atom. The maximum atomic E-state index is 10.2. The lowest BCUT2D eigenvalue weighted by atomic mass is 10.0. The van der Waals surface area contributed by atoms with E-state index in [1.54, 1.807) is 0 Å². The Kier molecular flexibility index (Phi) is 3.64. The molecule has 3 rings (SSSR count). The second-order valence-electron chi connectivity index (χ2n) is 5.37. The predicted octanol–water partition coefficient (Wildman–Crippen LogP) is 1.45. The maximum Gasteiger partial charge on any atom is 0.0710 e. The van der Waals surface area contributed by atoms with Crippen LogP contribution in [0.1, 0.15) is 18.4 Å². The van der Waals surface area contributed by atoms with Crippen molar-refractivity contribution in [2.24, 2.45) is 0 Å². The molecule has 2 saturated heterocycles. The summed E-state index contributed by atoms with van der Waals surface area (Å²) >= 11 is 0. The number of ether oxygens (including phenoxy) is 1. The summed E-state index contributed by atoms with van der Waals surface area (Å²) in [6, 6.07) is 11.2. The topological polar surface area (TPSA) is 32.7 Å². The first-order valence-electron chi connectivity index (χ1n) is 6.90. The highest BCUT2D eigenvalue weighted by Crippen LogP contribution is 2.27. The van der Waals surface area contributed by atoms with Crippen molar-refractivity contribution < 1.29 is 9.84 Å². The third-order valence-corrected chi connectivity index (χ3v) is 4.22. The van der Waals surface area contributed by atoms with Gasteiger partial charge in [0.2, 0.25) is 0 Å². The molecule has 0 spiro atoms. The van der Waals surface area contributed by atoms with Crippen LogP contribution in [0.3, 0.4) is 0 Å². The fourth-order valence-corrected chi connectivity index (χ4v) is 3.21. The average molecular weight is 247 g/mol. The van der Waals surface area contributed by atoms with E-state index >= 15 is 0 Å². The molecule has 0 aromatic heterocycles. The standard InChI is InChI=1S/C15H21NO2/c17-15-6-8-16(13-7-9-18-11-13)14(15)10-12-4-2-1-3-5-12/h1-5,13-15,17H,6-11H2/t13-,14+,15+/m1/s1. The molecule has 3 atom stereocenters. The molecule has 1 N–H and O–H groups in total. The highest BCUT2D eigenvalue weighted by Gasteiger charge is 2.38. The van der Waals surface area contributed by atoms with E-state index in [2.05, 4.69) is 29.2 Å². The molecule has 1 aromatic rings. The summed E-state index contributed by atoms with van der Waals surface area (Å²) in [7, 11) is 0. The molecule has 98 valence electrons. The number of nitrogens with zero attached hydrogens (tertiary/aromatic N) is 1. The van der Waals surface area contributed by atoms with E-state index in [-0.39, 0.29) is 12.1 Å². The normalized spacial score (nSPS) is 33.1. The van der Waals surface area contributed by atoms with Crippen LogP contribution in [-0.4, -0.2) is 48.0 Å². The number of aliphatic hydroxyl groups is 1. The Bertz CT molecular complexity index is 375. The fourth-order valence-electron chi connectivity index (χ4n) is 3.21. The van der Waals surface area contributed by atoms with Gasteiger partial charge in [-0.15, -0.1) is 0 Å². The Balaban J connectivity index is 1.71. The van der Waals surface area contributed by atoms with Crippen molar-refractivity contribution in [3.05, 3.63) is 35.9 Å². The van der Waals surface area contributed by atoms with E-state index in [0.717, 1.165) is 39.0 Å². The molecule has 0 radical (unpaired) electrons. The first kappa shape index (κ1) is 12.2. The largest absolute Gasteiger partial charge is 0.391 e. The zero-order valence-corrected chi connectivity index (χ0v) is 10.7. The molecule has 0 amide bonds. The second kappa shape index (κ2) is 5.39. The van der Waals surface area contributed by atoms with Gasteiger partial charge in [0, 0.05) is 25.2 Å². The van der Waals surface area contributed by atoms with Crippen molar-refractivity contribution in [1.29, 1.82) is 0 Å². The van der Waals surface area contributed by atoms with Crippen molar-refractivity contribution in [2.45, 2.75) is 37.5 Å². The number of likely N-dealkylation sites (tertiary alicyclic amines) is 1. The SMILES string of the molecule is O[C@H]1CCN([C@@H]2CCOC2)[C@H]1Cc1ccccc1. The first-order valence-corrected chi connectivity index (χ1v) is 6.90. The third kappa shape index (κ3) is 2.44. The molecule has 2 fully saturated rings. The molecule has 1 aromatic carbocycles. The zero-order chi connectivity index (χ0) is 12.4. The fraction of sp³-hybridized carbons (Fsp3) is 0.600. The van der Waals surface area contributed by atoms with Crippen molar-refractivity contribution in [1.82, 2.24) is 4.90 Å².